The van der Waals surface area contributed by atoms with Gasteiger partial charge >= 0.3 is 5.97 Å². The Balaban J connectivity index is 1.50. The Labute approximate surface area is 384 Å². The maximum Gasteiger partial charge on any atom is 0.303 e. The van der Waals surface area contributed by atoms with Crippen molar-refractivity contribution in [2.75, 3.05) is 37.5 Å². The van der Waals surface area contributed by atoms with Crippen LogP contribution in [-0.2, 0) is 60.8 Å². The lowest BCUT2D eigenvalue weighted by atomic mass is 9.75. The van der Waals surface area contributed by atoms with E-state index in [0.717, 1.165) is 6.07 Å². The summed E-state index contributed by atoms with van der Waals surface area (Å²) in [7, 11) is -18.5. The van der Waals surface area contributed by atoms with Gasteiger partial charge in [0.05, 0.1) is 30.2 Å². The highest BCUT2D eigenvalue weighted by atomic mass is 32.2. The average Bonchev–Trinajstić information content (AvgIpc) is 3.61. The molecule has 4 aromatic rings. The Morgan fingerprint density at radius 1 is 0.742 bits per heavy atom. The molecule has 2 atom stereocenters. The molecule has 0 bridgehead atoms. The van der Waals surface area contributed by atoms with Gasteiger partial charge in [-0.05, 0) is 117 Å². The fourth-order valence-corrected chi connectivity index (χ4v) is 11.8. The number of rotatable bonds is 20. The van der Waals surface area contributed by atoms with E-state index >= 15 is 0 Å². The molecular weight excluding hydrogens is 937 g/mol. The van der Waals surface area contributed by atoms with E-state index in [0.29, 0.717) is 83.1 Å². The first-order valence-corrected chi connectivity index (χ1v) is 26.7. The predicted octanol–water partition coefficient (Wildman–Crippen LogP) is 5.86. The summed E-state index contributed by atoms with van der Waals surface area (Å²) < 4.78 is 154. The van der Waals surface area contributed by atoms with Crippen molar-refractivity contribution in [3.63, 3.8) is 0 Å². The second kappa shape index (κ2) is 19.0. The summed E-state index contributed by atoms with van der Waals surface area (Å²) in [6.45, 7) is 6.55. The molecule has 0 radical (unpaired) electrons. The van der Waals surface area contributed by atoms with Crippen LogP contribution in [-0.4, -0.2) is 106 Å². The van der Waals surface area contributed by atoms with Crippen molar-refractivity contribution in [2.45, 2.75) is 91.2 Å². The van der Waals surface area contributed by atoms with Gasteiger partial charge in [-0.15, -0.1) is 0 Å². The number of carbonyl (C=O) groups is 1. The summed E-state index contributed by atoms with van der Waals surface area (Å²) >= 11 is 0. The van der Waals surface area contributed by atoms with E-state index in [4.69, 9.17) is 4.74 Å². The Morgan fingerprint density at radius 3 is 2.05 bits per heavy atom. The summed E-state index contributed by atoms with van der Waals surface area (Å²) in [5.41, 5.74) is 1.65. The van der Waals surface area contributed by atoms with Crippen LogP contribution in [0.25, 0.3) is 21.5 Å². The Hall–Kier alpha value is -4.84. The van der Waals surface area contributed by atoms with E-state index in [2.05, 4.69) is 0 Å². The lowest BCUT2D eigenvalue weighted by Gasteiger charge is -2.30. The maximum absolute atomic E-state index is 12.6. The standard InChI is InChI=1S/C45H52N2O15S4/c1-5-46-36-20-17-30-16-18-31(64(53,54)55)27-34(30)42(36)44(2,22-12-26-63(50,51)52)39(46)13-8-6-9-14-40-45(3,23-25-62-4)43-35-28-32(65(56,57)58)29-38(66(59,60)61)33(35)19-21-37(43)47(40)24-11-7-10-15-41(48)49/h6,8-9,13-14,16-21,27-29H,5,7,10-12,15,22-26H2,1-4H3,(H4-,48,49,50,51,52,53,54,55,56,57,58,59,60,61)/p-3. The molecule has 1 N–H and O–H groups in total. The number of ether oxygens (including phenoxy) is 1. The quantitative estimate of drug-likeness (QED) is 0.0469. The van der Waals surface area contributed by atoms with Gasteiger partial charge in [-0.25, -0.2) is 33.7 Å². The third kappa shape index (κ3) is 10.3. The van der Waals surface area contributed by atoms with Gasteiger partial charge in [0.1, 0.15) is 36.9 Å². The summed E-state index contributed by atoms with van der Waals surface area (Å²) in [5, 5.41) is 10.3. The van der Waals surface area contributed by atoms with Crippen molar-refractivity contribution in [3.8, 4) is 0 Å². The van der Waals surface area contributed by atoms with Gasteiger partial charge in [0, 0.05) is 78.7 Å². The van der Waals surface area contributed by atoms with Crippen LogP contribution in [0, 0.1) is 0 Å². The zero-order valence-electron chi connectivity index (χ0n) is 36.6. The second-order valence-corrected chi connectivity index (χ2v) is 22.4. The number of nitrogens with zero attached hydrogens (tertiary/aromatic N) is 2. The number of hydrogen-bond donors (Lipinski definition) is 1. The third-order valence-electron chi connectivity index (χ3n) is 12.5. The van der Waals surface area contributed by atoms with Crippen LogP contribution in [0.3, 0.4) is 0 Å². The number of fused-ring (bicyclic) bond motifs is 6. The van der Waals surface area contributed by atoms with Crippen molar-refractivity contribution < 1.29 is 71.1 Å². The molecule has 356 valence electrons. The highest BCUT2D eigenvalue weighted by Gasteiger charge is 2.49. The van der Waals surface area contributed by atoms with Crippen LogP contribution in [0.4, 0.5) is 11.4 Å². The van der Waals surface area contributed by atoms with Crippen LogP contribution in [0.5, 0.6) is 0 Å². The first kappa shape index (κ1) is 50.6. The fourth-order valence-electron chi connectivity index (χ4n) is 9.50. The first-order valence-electron chi connectivity index (χ1n) is 20.9. The molecule has 2 heterocycles. The van der Waals surface area contributed by atoms with Gasteiger partial charge in [-0.1, -0.05) is 30.4 Å². The molecule has 6 rings (SSSR count). The van der Waals surface area contributed by atoms with Gasteiger partial charge in [0.2, 0.25) is 5.69 Å². The maximum atomic E-state index is 12.6. The molecule has 21 heteroatoms. The Morgan fingerprint density at radius 2 is 1.42 bits per heavy atom. The summed E-state index contributed by atoms with van der Waals surface area (Å²) in [6.07, 6.45) is 10.6. The number of carboxylic acids is 1. The lowest BCUT2D eigenvalue weighted by Crippen LogP contribution is -2.33. The van der Waals surface area contributed by atoms with Crippen molar-refractivity contribution >= 4 is 85.1 Å². The van der Waals surface area contributed by atoms with Crippen molar-refractivity contribution in [3.05, 3.63) is 102 Å². The van der Waals surface area contributed by atoms with E-state index in [1.165, 1.54) is 31.4 Å². The topological polar surface area (TPSA) is 282 Å². The fraction of sp³-hybridized carbons (Fsp3) is 0.378. The second-order valence-electron chi connectivity index (χ2n) is 16.7. The lowest BCUT2D eigenvalue weighted by molar-refractivity contribution is -0.438. The van der Waals surface area contributed by atoms with E-state index in [9.17, 15) is 61.8 Å². The van der Waals surface area contributed by atoms with Crippen molar-refractivity contribution in [2.24, 2.45) is 0 Å². The number of unbranched alkanes of at least 4 members (excludes halogenated alkanes) is 2. The zero-order chi connectivity index (χ0) is 48.6. The molecule has 2 aliphatic rings. The van der Waals surface area contributed by atoms with E-state index in [1.54, 1.807) is 30.4 Å². The van der Waals surface area contributed by atoms with Crippen molar-refractivity contribution in [1.29, 1.82) is 0 Å². The van der Waals surface area contributed by atoms with Crippen LogP contribution in [0.2, 0.25) is 0 Å². The molecule has 0 fully saturated rings. The molecule has 0 saturated carbocycles. The SMILES string of the molecule is CCN1/C(=C/C=C/C=C/C2=[N+](CCCCCC(=O)O)c3ccc4c(S(=O)(=O)[O-])cc(S(=O)(=O)[O-])cc4c3C2(C)CCOC)C(C)(CCCS(=O)(=O)[O-])c2c1ccc1ccc(S(=O)(=O)[O-])cc21. The minimum atomic E-state index is -5.28. The van der Waals surface area contributed by atoms with Gasteiger partial charge in [-0.3, -0.25) is 4.79 Å². The monoisotopic (exact) mass is 985 g/mol. The first-order chi connectivity index (χ1) is 30.8. The van der Waals surface area contributed by atoms with Crippen LogP contribution in [0.15, 0.2) is 105 Å². The minimum Gasteiger partial charge on any atom is -0.748 e. The van der Waals surface area contributed by atoms with Crippen LogP contribution >= 0.6 is 0 Å². The minimum absolute atomic E-state index is 0.0273. The van der Waals surface area contributed by atoms with Crippen LogP contribution < -0.4 is 4.90 Å². The number of aliphatic carboxylic acids is 1. The van der Waals surface area contributed by atoms with Crippen LogP contribution in [0.1, 0.15) is 76.8 Å². The van der Waals surface area contributed by atoms with E-state index < -0.39 is 77.7 Å². The summed E-state index contributed by atoms with van der Waals surface area (Å²) in [5.74, 6) is -1.58. The largest absolute Gasteiger partial charge is 0.748 e. The zero-order valence-corrected chi connectivity index (χ0v) is 39.8. The molecule has 0 spiro atoms. The summed E-state index contributed by atoms with van der Waals surface area (Å²) in [6, 6.07) is 12.4. The van der Waals surface area contributed by atoms with E-state index in [1.807, 2.05) is 48.5 Å². The van der Waals surface area contributed by atoms with Gasteiger partial charge in [0.15, 0.2) is 5.71 Å². The molecular formula is C45H49N2O15S4-3. The molecule has 17 nitrogen and oxygen atoms in total. The predicted molar refractivity (Wildman–Crippen MR) is 242 cm³/mol. The number of anilines is 1. The molecule has 4 aromatic carbocycles. The Bertz CT molecular complexity index is 3200. The van der Waals surface area contributed by atoms with Crippen molar-refractivity contribution in [1.82, 2.24) is 0 Å². The number of benzene rings is 4. The normalized spacial score (nSPS) is 19.9. The van der Waals surface area contributed by atoms with E-state index in [-0.39, 0.29) is 43.1 Å². The Kier molecular flexibility index (Phi) is 14.6. The summed E-state index contributed by atoms with van der Waals surface area (Å²) in [4.78, 5) is 11.1. The molecule has 2 unspecified atom stereocenters. The smallest absolute Gasteiger partial charge is 0.303 e. The van der Waals surface area contributed by atoms with Gasteiger partial charge in [-0.2, -0.15) is 4.58 Å². The number of allylic oxidation sites excluding steroid dienone is 6. The average molecular weight is 986 g/mol. The third-order valence-corrected chi connectivity index (χ3v) is 15.8. The highest BCUT2D eigenvalue weighted by molar-refractivity contribution is 7.87. The number of hydrogen-bond acceptors (Lipinski definition) is 15. The highest BCUT2D eigenvalue weighted by Crippen LogP contribution is 2.54. The molecule has 66 heavy (non-hydrogen) atoms. The molecule has 2 aliphatic heterocycles. The molecule has 0 amide bonds. The number of carboxylic acid groups (broad SMARTS) is 1. The van der Waals surface area contributed by atoms with Gasteiger partial charge < -0.3 is 33.0 Å². The number of methoxy groups -OCH3 is 1. The molecule has 0 aliphatic carbocycles. The number of likely N-dealkylation sites (N-methyl/N-ethyl adjacent to an activating group) is 1. The molecule has 0 saturated heterocycles. The molecule has 0 aromatic heterocycles. The van der Waals surface area contributed by atoms with Gasteiger partial charge in [0.25, 0.3) is 0 Å².